The van der Waals surface area contributed by atoms with Gasteiger partial charge in [0.05, 0.1) is 0 Å². The van der Waals surface area contributed by atoms with Gasteiger partial charge in [0.2, 0.25) is 0 Å². The zero-order valence-corrected chi connectivity index (χ0v) is 11.0. The standard InChI is InChI=1S/C15H25N/c1-5-12(4)15(16)14-8-6-7-13(10-14)9-11(2)3/h6-8,10-12,15H,5,9,16H2,1-4H3. The molecule has 2 atom stereocenters. The summed E-state index contributed by atoms with van der Waals surface area (Å²) in [5, 5.41) is 0. The van der Waals surface area contributed by atoms with Crippen molar-refractivity contribution in [1.82, 2.24) is 0 Å². The van der Waals surface area contributed by atoms with Crippen LogP contribution in [0.1, 0.15) is 51.3 Å². The van der Waals surface area contributed by atoms with E-state index in [1.54, 1.807) is 0 Å². The molecule has 0 aliphatic heterocycles. The third-order valence-corrected chi connectivity index (χ3v) is 3.24. The zero-order chi connectivity index (χ0) is 12.1. The molecule has 2 N–H and O–H groups in total. The van der Waals surface area contributed by atoms with E-state index < -0.39 is 0 Å². The minimum absolute atomic E-state index is 0.178. The smallest absolute Gasteiger partial charge is 0.0320 e. The highest BCUT2D eigenvalue weighted by molar-refractivity contribution is 5.26. The van der Waals surface area contributed by atoms with Gasteiger partial charge in [0.1, 0.15) is 0 Å². The molecule has 0 saturated carbocycles. The monoisotopic (exact) mass is 219 g/mol. The van der Waals surface area contributed by atoms with Crippen LogP contribution in [0.4, 0.5) is 0 Å². The topological polar surface area (TPSA) is 26.0 Å². The SMILES string of the molecule is CCC(C)C(N)c1cccc(CC(C)C)c1. The molecule has 90 valence electrons. The van der Waals surface area contributed by atoms with Crippen molar-refractivity contribution >= 4 is 0 Å². The summed E-state index contributed by atoms with van der Waals surface area (Å²) in [5.41, 5.74) is 8.94. The molecule has 0 saturated heterocycles. The summed E-state index contributed by atoms with van der Waals surface area (Å²) in [5.74, 6) is 1.25. The fourth-order valence-electron chi connectivity index (χ4n) is 1.98. The van der Waals surface area contributed by atoms with Gasteiger partial charge in [0, 0.05) is 6.04 Å². The van der Waals surface area contributed by atoms with Crippen LogP contribution in [-0.4, -0.2) is 0 Å². The van der Waals surface area contributed by atoms with Gasteiger partial charge in [0.15, 0.2) is 0 Å². The molecule has 0 aliphatic rings. The van der Waals surface area contributed by atoms with Crippen LogP contribution in [0.2, 0.25) is 0 Å². The van der Waals surface area contributed by atoms with E-state index >= 15 is 0 Å². The molecule has 0 aliphatic carbocycles. The van der Waals surface area contributed by atoms with Gasteiger partial charge >= 0.3 is 0 Å². The van der Waals surface area contributed by atoms with Crippen molar-refractivity contribution in [3.05, 3.63) is 35.4 Å². The molecular formula is C15H25N. The normalized spacial score (nSPS) is 15.1. The highest BCUT2D eigenvalue weighted by atomic mass is 14.6. The molecule has 1 heteroatoms. The van der Waals surface area contributed by atoms with E-state index in [0.717, 1.165) is 12.8 Å². The maximum Gasteiger partial charge on any atom is 0.0320 e. The number of rotatable bonds is 5. The molecule has 1 rings (SSSR count). The van der Waals surface area contributed by atoms with Crippen molar-refractivity contribution in [2.45, 2.75) is 46.6 Å². The van der Waals surface area contributed by atoms with Crippen molar-refractivity contribution in [1.29, 1.82) is 0 Å². The molecule has 16 heavy (non-hydrogen) atoms. The van der Waals surface area contributed by atoms with E-state index in [4.69, 9.17) is 5.73 Å². The van der Waals surface area contributed by atoms with Crippen LogP contribution in [-0.2, 0) is 6.42 Å². The van der Waals surface area contributed by atoms with Gasteiger partial charge in [-0.2, -0.15) is 0 Å². The second-order valence-corrected chi connectivity index (χ2v) is 5.25. The first-order valence-electron chi connectivity index (χ1n) is 6.39. The Balaban J connectivity index is 2.81. The summed E-state index contributed by atoms with van der Waals surface area (Å²) in [7, 11) is 0. The van der Waals surface area contributed by atoms with Crippen molar-refractivity contribution in [2.24, 2.45) is 17.6 Å². The highest BCUT2D eigenvalue weighted by Crippen LogP contribution is 2.23. The lowest BCUT2D eigenvalue weighted by atomic mass is 9.91. The maximum atomic E-state index is 6.25. The van der Waals surface area contributed by atoms with Gasteiger partial charge in [-0.25, -0.2) is 0 Å². The molecule has 0 radical (unpaired) electrons. The van der Waals surface area contributed by atoms with Gasteiger partial charge in [-0.05, 0) is 29.4 Å². The molecule has 0 heterocycles. The summed E-state index contributed by atoms with van der Waals surface area (Å²) in [6.45, 7) is 8.92. The van der Waals surface area contributed by atoms with Crippen molar-refractivity contribution in [3.8, 4) is 0 Å². The Hall–Kier alpha value is -0.820. The summed E-state index contributed by atoms with van der Waals surface area (Å²) < 4.78 is 0. The van der Waals surface area contributed by atoms with Gasteiger partial charge in [0.25, 0.3) is 0 Å². The van der Waals surface area contributed by atoms with E-state index in [1.165, 1.54) is 11.1 Å². The fourth-order valence-corrected chi connectivity index (χ4v) is 1.98. The van der Waals surface area contributed by atoms with E-state index in [9.17, 15) is 0 Å². The Labute approximate surface area is 100 Å². The zero-order valence-electron chi connectivity index (χ0n) is 11.0. The maximum absolute atomic E-state index is 6.25. The molecule has 1 aromatic carbocycles. The molecule has 0 amide bonds. The Morgan fingerprint density at radius 2 is 1.88 bits per heavy atom. The summed E-state index contributed by atoms with van der Waals surface area (Å²) in [4.78, 5) is 0. The fraction of sp³-hybridized carbons (Fsp3) is 0.600. The van der Waals surface area contributed by atoms with Crippen molar-refractivity contribution in [3.63, 3.8) is 0 Å². The molecule has 0 aromatic heterocycles. The predicted molar refractivity (Wildman–Crippen MR) is 71.4 cm³/mol. The van der Waals surface area contributed by atoms with Gasteiger partial charge < -0.3 is 5.73 Å². The first-order chi connectivity index (χ1) is 7.54. The van der Waals surface area contributed by atoms with E-state index in [2.05, 4.69) is 52.0 Å². The molecule has 0 bridgehead atoms. The van der Waals surface area contributed by atoms with Crippen LogP contribution in [0.15, 0.2) is 24.3 Å². The van der Waals surface area contributed by atoms with Gasteiger partial charge in [-0.1, -0.05) is 58.4 Å². The van der Waals surface area contributed by atoms with Gasteiger partial charge in [-0.3, -0.25) is 0 Å². The Bertz CT molecular complexity index is 317. The third-order valence-electron chi connectivity index (χ3n) is 3.24. The lowest BCUT2D eigenvalue weighted by molar-refractivity contribution is 0.456. The molecule has 1 aromatic rings. The molecule has 1 nitrogen and oxygen atoms in total. The van der Waals surface area contributed by atoms with Crippen LogP contribution in [0, 0.1) is 11.8 Å². The number of benzene rings is 1. The first-order valence-corrected chi connectivity index (χ1v) is 6.39. The Morgan fingerprint density at radius 1 is 1.19 bits per heavy atom. The Morgan fingerprint density at radius 3 is 2.44 bits per heavy atom. The highest BCUT2D eigenvalue weighted by Gasteiger charge is 2.13. The average molecular weight is 219 g/mol. The molecule has 2 unspecified atom stereocenters. The quantitative estimate of drug-likeness (QED) is 0.797. The van der Waals surface area contributed by atoms with Crippen molar-refractivity contribution in [2.75, 3.05) is 0 Å². The summed E-state index contributed by atoms with van der Waals surface area (Å²) >= 11 is 0. The lowest BCUT2D eigenvalue weighted by Gasteiger charge is -2.19. The van der Waals surface area contributed by atoms with E-state index in [1.807, 2.05) is 0 Å². The Kier molecular flexibility index (Phi) is 5.01. The van der Waals surface area contributed by atoms with Crippen molar-refractivity contribution < 1.29 is 0 Å². The second-order valence-electron chi connectivity index (χ2n) is 5.25. The molecule has 0 spiro atoms. The van der Waals surface area contributed by atoms with Crippen LogP contribution in [0.3, 0.4) is 0 Å². The van der Waals surface area contributed by atoms with E-state index in [-0.39, 0.29) is 6.04 Å². The van der Waals surface area contributed by atoms with Crippen LogP contribution in [0.25, 0.3) is 0 Å². The van der Waals surface area contributed by atoms with Crippen LogP contribution >= 0.6 is 0 Å². The number of nitrogens with two attached hydrogens (primary N) is 1. The minimum atomic E-state index is 0.178. The van der Waals surface area contributed by atoms with Crippen LogP contribution < -0.4 is 5.73 Å². The van der Waals surface area contributed by atoms with Crippen LogP contribution in [0.5, 0.6) is 0 Å². The predicted octanol–water partition coefficient (Wildman–Crippen LogP) is 3.93. The van der Waals surface area contributed by atoms with Gasteiger partial charge in [-0.15, -0.1) is 0 Å². The average Bonchev–Trinajstić information content (AvgIpc) is 2.26. The first kappa shape index (κ1) is 13.2. The second kappa shape index (κ2) is 6.05. The number of hydrogen-bond donors (Lipinski definition) is 1. The molecular weight excluding hydrogens is 194 g/mol. The third kappa shape index (κ3) is 3.64. The minimum Gasteiger partial charge on any atom is -0.324 e. The largest absolute Gasteiger partial charge is 0.324 e. The molecule has 0 fully saturated rings. The lowest BCUT2D eigenvalue weighted by Crippen LogP contribution is -2.18. The summed E-state index contributed by atoms with van der Waals surface area (Å²) in [6.07, 6.45) is 2.27. The number of hydrogen-bond acceptors (Lipinski definition) is 1. The summed E-state index contributed by atoms with van der Waals surface area (Å²) in [6, 6.07) is 8.94. The van der Waals surface area contributed by atoms with E-state index in [0.29, 0.717) is 11.8 Å².